The summed E-state index contributed by atoms with van der Waals surface area (Å²) < 4.78 is 0.560. The van der Waals surface area contributed by atoms with Gasteiger partial charge in [0.1, 0.15) is 10.1 Å². The number of thiophene rings is 1. The molecule has 1 aromatic carbocycles. The molecule has 2 aromatic rings. The molecular formula is C12H7Cl2NO4S. The van der Waals surface area contributed by atoms with Gasteiger partial charge in [-0.25, -0.2) is 4.79 Å². The molecule has 0 unspecified atom stereocenters. The fraction of sp³-hybridized carbons (Fsp3) is 0. The Labute approximate surface area is 127 Å². The van der Waals surface area contributed by atoms with E-state index in [4.69, 9.17) is 28.3 Å². The SMILES string of the molecule is O=C(O)c1ccc(O)c(NC(=O)c2cc(Cl)sc2Cl)c1. The Balaban J connectivity index is 2.30. The first-order valence-electron chi connectivity index (χ1n) is 5.21. The smallest absolute Gasteiger partial charge is 0.335 e. The second kappa shape index (κ2) is 5.70. The van der Waals surface area contributed by atoms with Crippen molar-refractivity contribution >= 4 is 52.1 Å². The first kappa shape index (κ1) is 14.6. The number of hydrogen-bond donors (Lipinski definition) is 3. The maximum absolute atomic E-state index is 12.0. The van der Waals surface area contributed by atoms with E-state index in [0.717, 1.165) is 17.4 Å². The molecule has 0 spiro atoms. The highest BCUT2D eigenvalue weighted by atomic mass is 35.5. The van der Waals surface area contributed by atoms with Crippen LogP contribution in [0.4, 0.5) is 5.69 Å². The third-order valence-electron chi connectivity index (χ3n) is 2.39. The Morgan fingerprint density at radius 3 is 2.45 bits per heavy atom. The van der Waals surface area contributed by atoms with Crippen molar-refractivity contribution in [2.45, 2.75) is 0 Å². The van der Waals surface area contributed by atoms with Gasteiger partial charge in [-0.3, -0.25) is 4.79 Å². The summed E-state index contributed by atoms with van der Waals surface area (Å²) in [5, 5.41) is 20.9. The van der Waals surface area contributed by atoms with Crippen LogP contribution in [0.2, 0.25) is 8.67 Å². The average molecular weight is 332 g/mol. The molecule has 0 saturated heterocycles. The highest BCUT2D eigenvalue weighted by Gasteiger charge is 2.16. The molecule has 1 aromatic heterocycles. The van der Waals surface area contributed by atoms with Gasteiger partial charge in [0.2, 0.25) is 0 Å². The van der Waals surface area contributed by atoms with Gasteiger partial charge in [-0.1, -0.05) is 23.2 Å². The predicted molar refractivity (Wildman–Crippen MR) is 77.4 cm³/mol. The molecule has 8 heteroatoms. The van der Waals surface area contributed by atoms with E-state index >= 15 is 0 Å². The molecule has 5 nitrogen and oxygen atoms in total. The predicted octanol–water partition coefficient (Wildman–Crippen LogP) is 3.71. The lowest BCUT2D eigenvalue weighted by atomic mass is 10.2. The number of halogens is 2. The first-order valence-corrected chi connectivity index (χ1v) is 6.78. The van der Waals surface area contributed by atoms with Crippen molar-refractivity contribution in [3.63, 3.8) is 0 Å². The second-order valence-electron chi connectivity index (χ2n) is 3.73. The normalized spacial score (nSPS) is 10.3. The summed E-state index contributed by atoms with van der Waals surface area (Å²) in [7, 11) is 0. The van der Waals surface area contributed by atoms with Crippen molar-refractivity contribution in [3.05, 3.63) is 44.1 Å². The van der Waals surface area contributed by atoms with Crippen molar-refractivity contribution in [1.82, 2.24) is 0 Å². The maximum Gasteiger partial charge on any atom is 0.335 e. The quantitative estimate of drug-likeness (QED) is 0.748. The molecule has 0 aliphatic carbocycles. The van der Waals surface area contributed by atoms with Gasteiger partial charge in [-0.05, 0) is 24.3 Å². The minimum Gasteiger partial charge on any atom is -0.506 e. The lowest BCUT2D eigenvalue weighted by Gasteiger charge is -2.07. The van der Waals surface area contributed by atoms with Gasteiger partial charge in [0.15, 0.2) is 0 Å². The fourth-order valence-electron chi connectivity index (χ4n) is 1.45. The van der Waals surface area contributed by atoms with Gasteiger partial charge in [0.25, 0.3) is 5.91 Å². The summed E-state index contributed by atoms with van der Waals surface area (Å²) in [6.07, 6.45) is 0. The summed E-state index contributed by atoms with van der Waals surface area (Å²) in [6, 6.07) is 4.95. The molecule has 0 radical (unpaired) electrons. The maximum atomic E-state index is 12.0. The number of amides is 1. The van der Waals surface area contributed by atoms with Gasteiger partial charge in [-0.15, -0.1) is 11.3 Å². The number of nitrogens with one attached hydrogen (secondary N) is 1. The second-order valence-corrected chi connectivity index (χ2v) is 6.01. The van der Waals surface area contributed by atoms with Crippen LogP contribution < -0.4 is 5.32 Å². The van der Waals surface area contributed by atoms with Crippen LogP contribution in [-0.4, -0.2) is 22.1 Å². The number of rotatable bonds is 3. The molecule has 0 bridgehead atoms. The molecule has 3 N–H and O–H groups in total. The van der Waals surface area contributed by atoms with Crippen molar-refractivity contribution in [2.75, 3.05) is 5.32 Å². The number of carboxylic acids is 1. The molecule has 2 rings (SSSR count). The van der Waals surface area contributed by atoms with Gasteiger partial charge in [0, 0.05) is 0 Å². The lowest BCUT2D eigenvalue weighted by Crippen LogP contribution is -2.12. The third-order valence-corrected chi connectivity index (χ3v) is 3.88. The number of aromatic hydroxyl groups is 1. The van der Waals surface area contributed by atoms with Gasteiger partial charge < -0.3 is 15.5 Å². The monoisotopic (exact) mass is 331 g/mol. The summed E-state index contributed by atoms with van der Waals surface area (Å²) in [5.41, 5.74) is 0.0719. The largest absolute Gasteiger partial charge is 0.506 e. The van der Waals surface area contributed by atoms with Gasteiger partial charge in [0.05, 0.1) is 21.2 Å². The number of hydrogen-bond acceptors (Lipinski definition) is 4. The van der Waals surface area contributed by atoms with Crippen LogP contribution in [0.25, 0.3) is 0 Å². The Morgan fingerprint density at radius 2 is 1.90 bits per heavy atom. The van der Waals surface area contributed by atoms with Crippen molar-refractivity contribution in [2.24, 2.45) is 0 Å². The summed E-state index contributed by atoms with van der Waals surface area (Å²) >= 11 is 12.6. The van der Waals surface area contributed by atoms with Crippen molar-refractivity contribution < 1.29 is 19.8 Å². The third kappa shape index (κ3) is 3.04. The Hall–Kier alpha value is -1.76. The highest BCUT2D eigenvalue weighted by molar-refractivity contribution is 7.20. The zero-order chi connectivity index (χ0) is 14.9. The minimum absolute atomic E-state index is 0.0201. The molecule has 0 saturated carbocycles. The van der Waals surface area contributed by atoms with Crippen LogP contribution in [0.15, 0.2) is 24.3 Å². The van der Waals surface area contributed by atoms with E-state index in [1.54, 1.807) is 0 Å². The van der Waals surface area contributed by atoms with E-state index in [2.05, 4.69) is 5.32 Å². The van der Waals surface area contributed by atoms with Crippen LogP contribution in [-0.2, 0) is 0 Å². The molecular weight excluding hydrogens is 325 g/mol. The molecule has 0 aliphatic rings. The number of carbonyl (C=O) groups is 2. The molecule has 0 fully saturated rings. The van der Waals surface area contributed by atoms with Crippen LogP contribution >= 0.6 is 34.5 Å². The standard InChI is InChI=1S/C12H7Cl2NO4S/c13-9-4-6(10(14)20-9)11(17)15-7-3-5(12(18)19)1-2-8(7)16/h1-4,16H,(H,15,17)(H,18,19). The lowest BCUT2D eigenvalue weighted by molar-refractivity contribution is 0.0696. The van der Waals surface area contributed by atoms with Crippen molar-refractivity contribution in [3.8, 4) is 5.75 Å². The summed E-state index contributed by atoms with van der Waals surface area (Å²) in [6.45, 7) is 0. The van der Waals surface area contributed by atoms with Crippen LogP contribution in [0.1, 0.15) is 20.7 Å². The number of carboxylic acid groups (broad SMARTS) is 1. The van der Waals surface area contributed by atoms with E-state index < -0.39 is 11.9 Å². The zero-order valence-electron chi connectivity index (χ0n) is 9.68. The van der Waals surface area contributed by atoms with E-state index in [0.29, 0.717) is 4.34 Å². The molecule has 20 heavy (non-hydrogen) atoms. The average Bonchev–Trinajstić information content (AvgIpc) is 2.71. The van der Waals surface area contributed by atoms with Gasteiger partial charge in [-0.2, -0.15) is 0 Å². The topological polar surface area (TPSA) is 86.6 Å². The van der Waals surface area contributed by atoms with E-state index in [1.807, 2.05) is 0 Å². The number of anilines is 1. The Kier molecular flexibility index (Phi) is 4.17. The molecule has 1 heterocycles. The highest BCUT2D eigenvalue weighted by Crippen LogP contribution is 2.32. The molecule has 1 amide bonds. The van der Waals surface area contributed by atoms with E-state index in [1.165, 1.54) is 18.2 Å². The number of phenols is 1. The van der Waals surface area contributed by atoms with E-state index in [-0.39, 0.29) is 26.9 Å². The summed E-state index contributed by atoms with van der Waals surface area (Å²) in [4.78, 5) is 22.8. The van der Waals surface area contributed by atoms with Crippen molar-refractivity contribution in [1.29, 1.82) is 0 Å². The first-order chi connectivity index (χ1) is 9.38. The van der Waals surface area contributed by atoms with Gasteiger partial charge >= 0.3 is 5.97 Å². The van der Waals surface area contributed by atoms with Crippen LogP contribution in [0.5, 0.6) is 5.75 Å². The van der Waals surface area contributed by atoms with E-state index in [9.17, 15) is 14.7 Å². The Bertz CT molecular complexity index is 699. The summed E-state index contributed by atoms with van der Waals surface area (Å²) in [5.74, 6) is -2.01. The molecule has 0 atom stereocenters. The molecule has 0 aliphatic heterocycles. The zero-order valence-corrected chi connectivity index (χ0v) is 12.0. The number of phenolic OH excluding ortho intramolecular Hbond substituents is 1. The number of aromatic carboxylic acids is 1. The van der Waals surface area contributed by atoms with Crippen LogP contribution in [0, 0.1) is 0 Å². The number of carbonyl (C=O) groups excluding carboxylic acids is 1. The number of benzene rings is 1. The fourth-order valence-corrected chi connectivity index (χ4v) is 2.91. The minimum atomic E-state index is -1.17. The Morgan fingerprint density at radius 1 is 1.20 bits per heavy atom. The molecule has 104 valence electrons. The van der Waals surface area contributed by atoms with Crippen LogP contribution in [0.3, 0.4) is 0 Å².